The molecule has 0 N–H and O–H groups in total. The number of hydrogen-bond donors (Lipinski definition) is 0. The van der Waals surface area contributed by atoms with Crippen LogP contribution in [-0.2, 0) is 16.1 Å². The first-order valence-corrected chi connectivity index (χ1v) is 11.1. The Morgan fingerprint density at radius 3 is 2.33 bits per heavy atom. The highest BCUT2D eigenvalue weighted by molar-refractivity contribution is 6.30. The molecule has 1 unspecified atom stereocenters. The lowest BCUT2D eigenvalue weighted by Crippen LogP contribution is -2.51. The molecule has 4 rings (SSSR count). The lowest BCUT2D eigenvalue weighted by atomic mass is 10.0. The molecule has 1 aromatic heterocycles. The fraction of sp³-hybridized carbons (Fsp3) is 0.280. The third kappa shape index (κ3) is 5.56. The number of benzene rings is 2. The maximum atomic E-state index is 12.9. The van der Waals surface area contributed by atoms with Gasteiger partial charge in [0, 0.05) is 31.2 Å². The summed E-state index contributed by atoms with van der Waals surface area (Å²) in [5.41, 5.74) is 0.806. The molecule has 1 amide bonds. The zero-order valence-corrected chi connectivity index (χ0v) is 19.0. The molecule has 0 spiro atoms. The number of carbonyl (C=O) groups excluding carboxylic acids is 2. The minimum absolute atomic E-state index is 0.179. The summed E-state index contributed by atoms with van der Waals surface area (Å²) in [6.45, 7) is 2.23. The van der Waals surface area contributed by atoms with Crippen molar-refractivity contribution in [3.63, 3.8) is 0 Å². The lowest BCUT2D eigenvalue weighted by Gasteiger charge is -2.38. The van der Waals surface area contributed by atoms with Crippen molar-refractivity contribution in [2.24, 2.45) is 0 Å². The first kappa shape index (κ1) is 22.9. The van der Waals surface area contributed by atoms with E-state index in [4.69, 9.17) is 25.5 Å². The highest BCUT2D eigenvalue weighted by Gasteiger charge is 2.33. The van der Waals surface area contributed by atoms with Crippen molar-refractivity contribution in [2.75, 3.05) is 33.3 Å². The van der Waals surface area contributed by atoms with E-state index in [-0.39, 0.29) is 24.2 Å². The van der Waals surface area contributed by atoms with E-state index in [2.05, 4.69) is 0 Å². The Balaban J connectivity index is 1.36. The summed E-state index contributed by atoms with van der Waals surface area (Å²) < 4.78 is 16.4. The zero-order valence-electron chi connectivity index (χ0n) is 18.3. The highest BCUT2D eigenvalue weighted by Crippen LogP contribution is 2.26. The Labute approximate surface area is 197 Å². The van der Waals surface area contributed by atoms with E-state index < -0.39 is 6.04 Å². The number of halogens is 1. The molecule has 2 heterocycles. The van der Waals surface area contributed by atoms with E-state index >= 15 is 0 Å². The van der Waals surface area contributed by atoms with Gasteiger partial charge in [-0.25, -0.2) is 4.79 Å². The van der Waals surface area contributed by atoms with Crippen LogP contribution >= 0.6 is 11.6 Å². The van der Waals surface area contributed by atoms with E-state index in [0.717, 1.165) is 11.3 Å². The van der Waals surface area contributed by atoms with Crippen molar-refractivity contribution in [3.8, 4) is 5.75 Å². The number of ether oxygens (including phenoxy) is 2. The van der Waals surface area contributed by atoms with Gasteiger partial charge in [-0.1, -0.05) is 41.9 Å². The summed E-state index contributed by atoms with van der Waals surface area (Å²) in [5, 5.41) is 0.602. The van der Waals surface area contributed by atoms with Crippen LogP contribution < -0.4 is 4.74 Å². The standard InChI is InChI=1S/C25H25ClN2O5/c1-31-25(30)23(18-7-9-19(26)10-8-18)27-13-15-28(16-14-27)24(29)22-12-11-21(33-22)17-32-20-5-3-2-4-6-20/h2-12,23H,13-17H2,1H3. The van der Waals surface area contributed by atoms with Gasteiger partial charge in [-0.05, 0) is 42.0 Å². The van der Waals surface area contributed by atoms with Crippen LogP contribution in [0.3, 0.4) is 0 Å². The zero-order chi connectivity index (χ0) is 23.2. The maximum Gasteiger partial charge on any atom is 0.327 e. The second kappa shape index (κ2) is 10.6. The minimum atomic E-state index is -0.546. The fourth-order valence-electron chi connectivity index (χ4n) is 3.83. The molecule has 0 bridgehead atoms. The molecule has 1 saturated heterocycles. The van der Waals surface area contributed by atoms with Gasteiger partial charge in [0.15, 0.2) is 5.76 Å². The summed E-state index contributed by atoms with van der Waals surface area (Å²) >= 11 is 5.99. The smallest absolute Gasteiger partial charge is 0.327 e. The average Bonchev–Trinajstić information content (AvgIpc) is 3.34. The van der Waals surface area contributed by atoms with Gasteiger partial charge in [-0.3, -0.25) is 9.69 Å². The van der Waals surface area contributed by atoms with Gasteiger partial charge < -0.3 is 18.8 Å². The van der Waals surface area contributed by atoms with Crippen LogP contribution in [0.4, 0.5) is 0 Å². The number of methoxy groups -OCH3 is 1. The Bertz CT molecular complexity index is 1080. The van der Waals surface area contributed by atoms with Gasteiger partial charge in [0.05, 0.1) is 7.11 Å². The molecule has 7 nitrogen and oxygen atoms in total. The van der Waals surface area contributed by atoms with E-state index in [1.54, 1.807) is 29.2 Å². The number of amides is 1. The van der Waals surface area contributed by atoms with Crippen molar-refractivity contribution in [1.82, 2.24) is 9.80 Å². The molecule has 1 aliphatic heterocycles. The summed E-state index contributed by atoms with van der Waals surface area (Å²) in [7, 11) is 1.38. The highest BCUT2D eigenvalue weighted by atomic mass is 35.5. The first-order chi connectivity index (χ1) is 16.0. The quantitative estimate of drug-likeness (QED) is 0.484. The van der Waals surface area contributed by atoms with Gasteiger partial charge in [0.25, 0.3) is 5.91 Å². The van der Waals surface area contributed by atoms with Crippen LogP contribution in [0.1, 0.15) is 27.9 Å². The average molecular weight is 469 g/mol. The lowest BCUT2D eigenvalue weighted by molar-refractivity contribution is -0.148. The number of hydrogen-bond acceptors (Lipinski definition) is 6. The number of rotatable bonds is 7. The van der Waals surface area contributed by atoms with Crippen molar-refractivity contribution in [3.05, 3.63) is 88.8 Å². The van der Waals surface area contributed by atoms with Crippen molar-refractivity contribution >= 4 is 23.5 Å². The Morgan fingerprint density at radius 1 is 0.970 bits per heavy atom. The molecular formula is C25H25ClN2O5. The summed E-state index contributed by atoms with van der Waals surface area (Å²) in [6.07, 6.45) is 0. The fourth-order valence-corrected chi connectivity index (χ4v) is 3.96. The summed E-state index contributed by atoms with van der Waals surface area (Å²) in [4.78, 5) is 29.2. The third-order valence-electron chi connectivity index (χ3n) is 5.57. The van der Waals surface area contributed by atoms with Crippen LogP contribution in [0.15, 0.2) is 71.1 Å². The molecule has 3 aromatic rings. The van der Waals surface area contributed by atoms with E-state index in [9.17, 15) is 9.59 Å². The van der Waals surface area contributed by atoms with E-state index in [0.29, 0.717) is 37.0 Å². The largest absolute Gasteiger partial charge is 0.486 e. The van der Waals surface area contributed by atoms with Gasteiger partial charge in [-0.2, -0.15) is 0 Å². The van der Waals surface area contributed by atoms with Crippen LogP contribution in [-0.4, -0.2) is 55.0 Å². The summed E-state index contributed by atoms with van der Waals surface area (Å²) in [5.74, 6) is 1.07. The number of furan rings is 1. The normalized spacial score (nSPS) is 15.2. The third-order valence-corrected chi connectivity index (χ3v) is 5.83. The number of carbonyl (C=O) groups is 2. The van der Waals surface area contributed by atoms with Crippen LogP contribution in [0.2, 0.25) is 5.02 Å². The summed E-state index contributed by atoms with van der Waals surface area (Å²) in [6, 6.07) is 19.4. The molecule has 1 aliphatic rings. The SMILES string of the molecule is COC(=O)C(c1ccc(Cl)cc1)N1CCN(C(=O)c2ccc(COc3ccccc3)o2)CC1. The van der Waals surface area contributed by atoms with Crippen molar-refractivity contribution in [1.29, 1.82) is 0 Å². The molecular weight excluding hydrogens is 444 g/mol. The van der Waals surface area contributed by atoms with Crippen LogP contribution in [0.25, 0.3) is 0 Å². The van der Waals surface area contributed by atoms with Gasteiger partial charge >= 0.3 is 5.97 Å². The Kier molecular flexibility index (Phi) is 7.32. The van der Waals surface area contributed by atoms with Gasteiger partial charge in [0.1, 0.15) is 24.2 Å². The second-order valence-corrected chi connectivity index (χ2v) is 8.11. The predicted molar refractivity (Wildman–Crippen MR) is 123 cm³/mol. The van der Waals surface area contributed by atoms with Crippen LogP contribution in [0, 0.1) is 0 Å². The Morgan fingerprint density at radius 2 is 1.67 bits per heavy atom. The van der Waals surface area contributed by atoms with Crippen LogP contribution in [0.5, 0.6) is 5.75 Å². The van der Waals surface area contributed by atoms with Gasteiger partial charge in [-0.15, -0.1) is 0 Å². The van der Waals surface area contributed by atoms with E-state index in [1.165, 1.54) is 7.11 Å². The minimum Gasteiger partial charge on any atom is -0.486 e. The molecule has 8 heteroatoms. The maximum absolute atomic E-state index is 12.9. The van der Waals surface area contributed by atoms with E-state index in [1.807, 2.05) is 47.4 Å². The first-order valence-electron chi connectivity index (χ1n) is 10.7. The molecule has 2 aromatic carbocycles. The molecule has 0 radical (unpaired) electrons. The molecule has 0 aliphatic carbocycles. The Hall–Kier alpha value is -3.29. The molecule has 0 saturated carbocycles. The number of para-hydroxylation sites is 1. The number of piperazine rings is 1. The number of esters is 1. The van der Waals surface area contributed by atoms with Gasteiger partial charge in [0.2, 0.25) is 0 Å². The van der Waals surface area contributed by atoms with Crippen molar-refractivity contribution < 1.29 is 23.5 Å². The topological polar surface area (TPSA) is 72.2 Å². The molecule has 1 fully saturated rings. The molecule has 172 valence electrons. The molecule has 1 atom stereocenters. The number of nitrogens with zero attached hydrogens (tertiary/aromatic N) is 2. The monoisotopic (exact) mass is 468 g/mol. The van der Waals surface area contributed by atoms with Crippen molar-refractivity contribution in [2.45, 2.75) is 12.6 Å². The predicted octanol–water partition coefficient (Wildman–Crippen LogP) is 4.18. The molecule has 33 heavy (non-hydrogen) atoms. The second-order valence-electron chi connectivity index (χ2n) is 7.67.